The van der Waals surface area contributed by atoms with Gasteiger partial charge in [-0.2, -0.15) is 0 Å². The number of aromatic nitrogens is 1. The molecule has 2 rings (SSSR count). The summed E-state index contributed by atoms with van der Waals surface area (Å²) >= 11 is 6.50. The summed E-state index contributed by atoms with van der Waals surface area (Å²) in [5.41, 5.74) is 3.81. The van der Waals surface area contributed by atoms with Crippen molar-refractivity contribution < 1.29 is 0 Å². The van der Waals surface area contributed by atoms with E-state index < -0.39 is 0 Å². The van der Waals surface area contributed by atoms with Gasteiger partial charge in [0.2, 0.25) is 0 Å². The molecule has 2 aromatic rings. The maximum Gasteiger partial charge on any atom is 0.0628 e. The number of rotatable bonds is 4. The molecule has 1 heterocycles. The van der Waals surface area contributed by atoms with Gasteiger partial charge in [0, 0.05) is 12.4 Å². The van der Waals surface area contributed by atoms with Gasteiger partial charge in [0.05, 0.1) is 5.38 Å². The summed E-state index contributed by atoms with van der Waals surface area (Å²) < 4.78 is 0. The number of halogens is 1. The van der Waals surface area contributed by atoms with Crippen molar-refractivity contribution in [2.24, 2.45) is 0 Å². The monoisotopic (exact) mass is 245 g/mol. The highest BCUT2D eigenvalue weighted by Crippen LogP contribution is 2.27. The molecule has 0 spiro atoms. The third-order valence-electron chi connectivity index (χ3n) is 2.94. The van der Waals surface area contributed by atoms with E-state index in [0.717, 1.165) is 12.8 Å². The Hall–Kier alpha value is -1.34. The van der Waals surface area contributed by atoms with E-state index in [0.29, 0.717) is 0 Å². The zero-order valence-electron chi connectivity index (χ0n) is 9.94. The van der Waals surface area contributed by atoms with Gasteiger partial charge in [0.1, 0.15) is 0 Å². The third-order valence-corrected chi connectivity index (χ3v) is 3.33. The van der Waals surface area contributed by atoms with Gasteiger partial charge < -0.3 is 0 Å². The van der Waals surface area contributed by atoms with Crippen LogP contribution in [0.1, 0.15) is 29.0 Å². The van der Waals surface area contributed by atoms with Crippen molar-refractivity contribution in [2.45, 2.75) is 25.1 Å². The van der Waals surface area contributed by atoms with Crippen molar-refractivity contribution in [1.29, 1.82) is 0 Å². The van der Waals surface area contributed by atoms with E-state index in [2.05, 4.69) is 36.2 Å². The van der Waals surface area contributed by atoms with E-state index in [9.17, 15) is 0 Å². The van der Waals surface area contributed by atoms with Gasteiger partial charge in [0.25, 0.3) is 0 Å². The molecule has 88 valence electrons. The topological polar surface area (TPSA) is 12.9 Å². The lowest BCUT2D eigenvalue weighted by Crippen LogP contribution is -2.00. The Morgan fingerprint density at radius 1 is 1.12 bits per heavy atom. The summed E-state index contributed by atoms with van der Waals surface area (Å²) in [6.07, 6.45) is 5.49. The normalized spacial score (nSPS) is 12.4. The summed E-state index contributed by atoms with van der Waals surface area (Å²) in [4.78, 5) is 4.02. The fourth-order valence-electron chi connectivity index (χ4n) is 2.00. The summed E-state index contributed by atoms with van der Waals surface area (Å²) in [5.74, 6) is 0. The van der Waals surface area contributed by atoms with Crippen molar-refractivity contribution in [3.05, 3.63) is 65.5 Å². The molecule has 0 bridgehead atoms. The van der Waals surface area contributed by atoms with Gasteiger partial charge in [-0.3, -0.25) is 4.98 Å². The number of aryl methyl sites for hydroxylation is 1. The third kappa shape index (κ3) is 3.07. The van der Waals surface area contributed by atoms with E-state index in [4.69, 9.17) is 11.6 Å². The maximum absolute atomic E-state index is 6.50. The summed E-state index contributed by atoms with van der Waals surface area (Å²) in [6, 6.07) is 12.4. The van der Waals surface area contributed by atoms with Crippen molar-refractivity contribution in [3.8, 4) is 0 Å². The summed E-state index contributed by atoms with van der Waals surface area (Å²) in [6.45, 7) is 2.16. The lowest BCUT2D eigenvalue weighted by atomic mass is 9.98. The smallest absolute Gasteiger partial charge is 0.0628 e. The van der Waals surface area contributed by atoms with Crippen molar-refractivity contribution in [3.63, 3.8) is 0 Å². The average Bonchev–Trinajstić information content (AvgIpc) is 2.40. The predicted molar refractivity (Wildman–Crippen MR) is 72.4 cm³/mol. The lowest BCUT2D eigenvalue weighted by Gasteiger charge is -2.13. The molecule has 0 fully saturated rings. The Morgan fingerprint density at radius 2 is 1.82 bits per heavy atom. The first-order valence-corrected chi connectivity index (χ1v) is 6.35. The largest absolute Gasteiger partial charge is 0.265 e. The lowest BCUT2D eigenvalue weighted by molar-refractivity contribution is 0.893. The highest BCUT2D eigenvalue weighted by molar-refractivity contribution is 6.21. The number of hydrogen-bond donors (Lipinski definition) is 0. The van der Waals surface area contributed by atoms with Crippen LogP contribution in [0.15, 0.2) is 48.8 Å². The molecule has 0 aliphatic carbocycles. The first kappa shape index (κ1) is 12.1. The van der Waals surface area contributed by atoms with Gasteiger partial charge in [0.15, 0.2) is 0 Å². The number of nitrogens with zero attached hydrogens (tertiary/aromatic N) is 1. The quantitative estimate of drug-likeness (QED) is 0.737. The molecule has 0 saturated carbocycles. The van der Waals surface area contributed by atoms with Crippen LogP contribution in [0.5, 0.6) is 0 Å². The van der Waals surface area contributed by atoms with Crippen LogP contribution in [0.2, 0.25) is 0 Å². The number of alkyl halides is 1. The van der Waals surface area contributed by atoms with Crippen LogP contribution in [-0.4, -0.2) is 4.98 Å². The van der Waals surface area contributed by atoms with Crippen LogP contribution in [0.3, 0.4) is 0 Å². The molecule has 1 atom stereocenters. The molecule has 1 nitrogen and oxygen atoms in total. The molecule has 0 radical (unpaired) electrons. The van der Waals surface area contributed by atoms with Gasteiger partial charge in [-0.1, -0.05) is 31.2 Å². The van der Waals surface area contributed by atoms with Crippen LogP contribution in [-0.2, 0) is 12.8 Å². The van der Waals surface area contributed by atoms with Gasteiger partial charge in [-0.15, -0.1) is 11.6 Å². The summed E-state index contributed by atoms with van der Waals surface area (Å²) in [7, 11) is 0. The van der Waals surface area contributed by atoms with Gasteiger partial charge in [-0.05, 0) is 41.7 Å². The van der Waals surface area contributed by atoms with Crippen LogP contribution >= 0.6 is 11.6 Å². The average molecular weight is 246 g/mol. The zero-order valence-corrected chi connectivity index (χ0v) is 10.7. The van der Waals surface area contributed by atoms with Crippen LogP contribution in [0.4, 0.5) is 0 Å². The second kappa shape index (κ2) is 5.83. The number of hydrogen-bond acceptors (Lipinski definition) is 1. The zero-order chi connectivity index (χ0) is 12.1. The molecule has 0 N–H and O–H groups in total. The second-order valence-electron chi connectivity index (χ2n) is 4.08. The van der Waals surface area contributed by atoms with Crippen molar-refractivity contribution in [2.75, 3.05) is 0 Å². The molecule has 1 aromatic carbocycles. The minimum Gasteiger partial charge on any atom is -0.265 e. The van der Waals surface area contributed by atoms with Crippen LogP contribution < -0.4 is 0 Å². The highest BCUT2D eigenvalue weighted by Gasteiger charge is 2.11. The van der Waals surface area contributed by atoms with Crippen molar-refractivity contribution >= 4 is 11.6 Å². The minimum absolute atomic E-state index is 0.0357. The number of pyridine rings is 1. The minimum atomic E-state index is 0.0357. The molecule has 2 heteroatoms. The van der Waals surface area contributed by atoms with E-state index in [-0.39, 0.29) is 5.38 Å². The fourth-order valence-corrected chi connectivity index (χ4v) is 2.39. The van der Waals surface area contributed by atoms with E-state index in [1.165, 1.54) is 16.7 Å². The molecule has 1 unspecified atom stereocenters. The molecule has 0 aliphatic rings. The van der Waals surface area contributed by atoms with Gasteiger partial charge >= 0.3 is 0 Å². The molecule has 17 heavy (non-hydrogen) atoms. The Labute approximate surface area is 107 Å². The van der Waals surface area contributed by atoms with Gasteiger partial charge in [-0.25, -0.2) is 0 Å². The Bertz CT molecular complexity index is 467. The molecular weight excluding hydrogens is 230 g/mol. The first-order valence-electron chi connectivity index (χ1n) is 5.92. The molecule has 0 aliphatic heterocycles. The Kier molecular flexibility index (Phi) is 4.16. The maximum atomic E-state index is 6.50. The van der Waals surface area contributed by atoms with Crippen LogP contribution in [0.25, 0.3) is 0 Å². The standard InChI is InChI=1S/C15H16ClN/c1-2-13-5-3-4-6-14(13)15(16)11-12-7-9-17-10-8-12/h3-10,15H,2,11H2,1H3. The molecule has 1 aromatic heterocycles. The Morgan fingerprint density at radius 3 is 2.53 bits per heavy atom. The highest BCUT2D eigenvalue weighted by atomic mass is 35.5. The first-order chi connectivity index (χ1) is 8.31. The van der Waals surface area contributed by atoms with E-state index in [1.54, 1.807) is 0 Å². The SMILES string of the molecule is CCc1ccccc1C(Cl)Cc1ccncc1. The molecule has 0 saturated heterocycles. The van der Waals surface area contributed by atoms with E-state index in [1.807, 2.05) is 24.5 Å². The van der Waals surface area contributed by atoms with Crippen LogP contribution in [0, 0.1) is 0 Å². The fraction of sp³-hybridized carbons (Fsp3) is 0.267. The molecule has 0 amide bonds. The Balaban J connectivity index is 2.17. The molecular formula is C15H16ClN. The number of benzene rings is 1. The second-order valence-corrected chi connectivity index (χ2v) is 4.61. The van der Waals surface area contributed by atoms with E-state index >= 15 is 0 Å². The predicted octanol–water partition coefficient (Wildman–Crippen LogP) is 4.17. The van der Waals surface area contributed by atoms with Crippen molar-refractivity contribution in [1.82, 2.24) is 4.98 Å². The summed E-state index contributed by atoms with van der Waals surface area (Å²) in [5, 5.41) is 0.0357.